The SMILES string of the molecule is CC(C)O/C=C1\C(=O)C2(C)CCC1C(C)(C)O2. The number of carbonyl (C=O) groups excluding carboxylic acids is 1. The van der Waals surface area contributed by atoms with Crippen molar-refractivity contribution in [3.63, 3.8) is 0 Å². The molecule has 2 aliphatic heterocycles. The van der Waals surface area contributed by atoms with Crippen LogP contribution >= 0.6 is 0 Å². The first-order valence-corrected chi connectivity index (χ1v) is 6.37. The van der Waals surface area contributed by atoms with Crippen molar-refractivity contribution < 1.29 is 14.3 Å². The van der Waals surface area contributed by atoms with Crippen molar-refractivity contribution in [3.8, 4) is 0 Å². The van der Waals surface area contributed by atoms with Gasteiger partial charge in [0.15, 0.2) is 5.78 Å². The smallest absolute Gasteiger partial charge is 0.193 e. The average molecular weight is 238 g/mol. The molecule has 2 unspecified atom stereocenters. The van der Waals surface area contributed by atoms with Gasteiger partial charge in [-0.15, -0.1) is 0 Å². The lowest BCUT2D eigenvalue weighted by atomic mass is 9.65. The Hall–Kier alpha value is -0.830. The topological polar surface area (TPSA) is 35.5 Å². The van der Waals surface area contributed by atoms with E-state index in [-0.39, 0.29) is 23.4 Å². The Bertz CT molecular complexity index is 368. The number of Topliss-reactive ketones (excluding diaryl/α,β-unsaturated/α-hetero) is 1. The van der Waals surface area contributed by atoms with Crippen molar-refractivity contribution in [2.75, 3.05) is 0 Å². The lowest BCUT2D eigenvalue weighted by molar-refractivity contribution is -0.207. The molecule has 0 spiro atoms. The average Bonchev–Trinajstić information content (AvgIpc) is 2.17. The largest absolute Gasteiger partial charge is 0.498 e. The van der Waals surface area contributed by atoms with Gasteiger partial charge in [-0.1, -0.05) is 0 Å². The molecule has 0 radical (unpaired) electrons. The summed E-state index contributed by atoms with van der Waals surface area (Å²) in [6.07, 6.45) is 3.59. The molecule has 3 heteroatoms. The number of hydrogen-bond donors (Lipinski definition) is 0. The third kappa shape index (κ3) is 2.01. The highest BCUT2D eigenvalue weighted by Crippen LogP contribution is 2.50. The first-order valence-electron chi connectivity index (χ1n) is 6.37. The first-order chi connectivity index (χ1) is 7.76. The number of fused-ring (bicyclic) bond motifs is 3. The van der Waals surface area contributed by atoms with Gasteiger partial charge in [0.05, 0.1) is 18.0 Å². The van der Waals surface area contributed by atoms with Crippen molar-refractivity contribution >= 4 is 5.78 Å². The second kappa shape index (κ2) is 3.84. The maximum absolute atomic E-state index is 12.3. The van der Waals surface area contributed by atoms with Crippen LogP contribution < -0.4 is 0 Å². The zero-order chi connectivity index (χ0) is 12.8. The van der Waals surface area contributed by atoms with E-state index in [1.165, 1.54) is 0 Å². The van der Waals surface area contributed by atoms with Gasteiger partial charge in [-0.25, -0.2) is 0 Å². The van der Waals surface area contributed by atoms with Gasteiger partial charge < -0.3 is 9.47 Å². The number of ether oxygens (including phenoxy) is 2. The summed E-state index contributed by atoms with van der Waals surface area (Å²) in [4.78, 5) is 12.3. The molecule has 3 nitrogen and oxygen atoms in total. The molecule has 2 bridgehead atoms. The van der Waals surface area contributed by atoms with E-state index in [9.17, 15) is 4.79 Å². The van der Waals surface area contributed by atoms with E-state index in [0.29, 0.717) is 0 Å². The highest BCUT2D eigenvalue weighted by atomic mass is 16.5. The van der Waals surface area contributed by atoms with Gasteiger partial charge in [-0.05, 0) is 47.5 Å². The molecule has 96 valence electrons. The summed E-state index contributed by atoms with van der Waals surface area (Å²) in [6.45, 7) is 9.95. The normalized spacial score (nSPS) is 37.9. The molecule has 0 aromatic carbocycles. The number of carbonyl (C=O) groups is 1. The molecule has 2 atom stereocenters. The van der Waals surface area contributed by atoms with Crippen molar-refractivity contribution in [1.29, 1.82) is 0 Å². The van der Waals surface area contributed by atoms with Gasteiger partial charge in [-0.3, -0.25) is 4.79 Å². The summed E-state index contributed by atoms with van der Waals surface area (Å²) in [5, 5.41) is 0. The minimum absolute atomic E-state index is 0.104. The molecule has 3 rings (SSSR count). The molecule has 0 aromatic rings. The molecular formula is C14H22O3. The second-order valence-corrected chi connectivity index (χ2v) is 6.11. The molecule has 0 N–H and O–H groups in total. The quantitative estimate of drug-likeness (QED) is 0.548. The zero-order valence-electron chi connectivity index (χ0n) is 11.4. The molecule has 3 fully saturated rings. The predicted octanol–water partition coefficient (Wildman–Crippen LogP) is 2.84. The molecule has 2 saturated heterocycles. The van der Waals surface area contributed by atoms with E-state index < -0.39 is 5.60 Å². The van der Waals surface area contributed by atoms with Gasteiger partial charge in [-0.2, -0.15) is 0 Å². The van der Waals surface area contributed by atoms with Crippen LogP contribution in [0.5, 0.6) is 0 Å². The van der Waals surface area contributed by atoms with E-state index in [4.69, 9.17) is 9.47 Å². The highest BCUT2D eigenvalue weighted by molar-refractivity contribution is 6.03. The van der Waals surface area contributed by atoms with E-state index in [2.05, 4.69) is 13.8 Å². The van der Waals surface area contributed by atoms with E-state index in [0.717, 1.165) is 18.4 Å². The summed E-state index contributed by atoms with van der Waals surface area (Å²) < 4.78 is 11.5. The maximum Gasteiger partial charge on any atom is 0.193 e. The van der Waals surface area contributed by atoms with Gasteiger partial charge in [0.25, 0.3) is 0 Å². The molecule has 1 aliphatic carbocycles. The van der Waals surface area contributed by atoms with E-state index in [1.54, 1.807) is 6.26 Å². The van der Waals surface area contributed by atoms with Crippen LogP contribution in [0.2, 0.25) is 0 Å². The summed E-state index contributed by atoms with van der Waals surface area (Å²) in [5.74, 6) is 0.268. The molecule has 0 aromatic heterocycles. The van der Waals surface area contributed by atoms with E-state index in [1.807, 2.05) is 20.8 Å². The molecular weight excluding hydrogens is 216 g/mol. The first kappa shape index (κ1) is 12.6. The minimum atomic E-state index is -0.648. The van der Waals surface area contributed by atoms with Gasteiger partial charge in [0.1, 0.15) is 5.60 Å². The molecule has 0 amide bonds. The second-order valence-electron chi connectivity index (χ2n) is 6.11. The summed E-state index contributed by atoms with van der Waals surface area (Å²) >= 11 is 0. The fraction of sp³-hybridized carbons (Fsp3) is 0.786. The number of hydrogen-bond acceptors (Lipinski definition) is 3. The van der Waals surface area contributed by atoms with Crippen molar-refractivity contribution in [2.24, 2.45) is 5.92 Å². The Kier molecular flexibility index (Phi) is 2.85. The van der Waals surface area contributed by atoms with Crippen molar-refractivity contribution in [3.05, 3.63) is 11.8 Å². The van der Waals surface area contributed by atoms with Gasteiger partial charge >= 0.3 is 0 Å². The number of rotatable bonds is 2. The summed E-state index contributed by atoms with van der Waals surface area (Å²) in [5.41, 5.74) is -0.110. The lowest BCUT2D eigenvalue weighted by Gasteiger charge is -2.53. The Morgan fingerprint density at radius 3 is 2.59 bits per heavy atom. The van der Waals surface area contributed by atoms with Crippen LogP contribution in [-0.4, -0.2) is 23.1 Å². The fourth-order valence-electron chi connectivity index (χ4n) is 2.97. The Morgan fingerprint density at radius 1 is 1.41 bits per heavy atom. The molecule has 17 heavy (non-hydrogen) atoms. The van der Waals surface area contributed by atoms with Gasteiger partial charge in [0, 0.05) is 11.5 Å². The third-order valence-corrected chi connectivity index (χ3v) is 3.82. The van der Waals surface area contributed by atoms with Crippen LogP contribution in [-0.2, 0) is 14.3 Å². The predicted molar refractivity (Wildman–Crippen MR) is 65.6 cm³/mol. The van der Waals surface area contributed by atoms with Crippen LogP contribution in [0.25, 0.3) is 0 Å². The van der Waals surface area contributed by atoms with Crippen LogP contribution in [0, 0.1) is 5.92 Å². The molecule has 2 heterocycles. The standard InChI is InChI=1S/C14H22O3/c1-9(2)16-8-10-11-6-7-14(5,12(10)15)17-13(11,3)4/h8-9,11H,6-7H2,1-5H3/b10-8-. The van der Waals surface area contributed by atoms with Crippen molar-refractivity contribution in [2.45, 2.75) is 64.8 Å². The van der Waals surface area contributed by atoms with Crippen molar-refractivity contribution in [1.82, 2.24) is 0 Å². The highest BCUT2D eigenvalue weighted by Gasteiger charge is 2.56. The maximum atomic E-state index is 12.3. The van der Waals surface area contributed by atoms with E-state index >= 15 is 0 Å². The van der Waals surface area contributed by atoms with Gasteiger partial charge in [0.2, 0.25) is 0 Å². The third-order valence-electron chi connectivity index (χ3n) is 3.82. The minimum Gasteiger partial charge on any atom is -0.498 e. The monoisotopic (exact) mass is 238 g/mol. The Morgan fingerprint density at radius 2 is 2.06 bits per heavy atom. The molecule has 1 saturated carbocycles. The molecule has 3 aliphatic rings. The fourth-order valence-corrected chi connectivity index (χ4v) is 2.97. The Labute approximate surface area is 103 Å². The lowest BCUT2D eigenvalue weighted by Crippen LogP contribution is -2.60. The summed E-state index contributed by atoms with van der Waals surface area (Å²) in [6, 6.07) is 0. The zero-order valence-corrected chi connectivity index (χ0v) is 11.4. The summed E-state index contributed by atoms with van der Waals surface area (Å²) in [7, 11) is 0. The Balaban J connectivity index is 2.33. The number of ketones is 1. The van der Waals surface area contributed by atoms with Crippen LogP contribution in [0.3, 0.4) is 0 Å². The van der Waals surface area contributed by atoms with Crippen LogP contribution in [0.1, 0.15) is 47.5 Å². The van der Waals surface area contributed by atoms with Crippen LogP contribution in [0.15, 0.2) is 11.8 Å². The van der Waals surface area contributed by atoms with Crippen LogP contribution in [0.4, 0.5) is 0 Å².